The maximum Gasteiger partial charge on any atom is 0.141 e. The molecule has 0 radical (unpaired) electrons. The Morgan fingerprint density at radius 2 is 1.86 bits per heavy atom. The Hall–Kier alpha value is -1.95. The molecule has 4 heteroatoms. The Labute approximate surface area is 137 Å². The van der Waals surface area contributed by atoms with Crippen LogP contribution in [0.4, 0.5) is 11.5 Å². The summed E-state index contributed by atoms with van der Waals surface area (Å²) in [5.41, 5.74) is 3.14. The van der Waals surface area contributed by atoms with Crippen molar-refractivity contribution in [3.8, 4) is 0 Å². The zero-order valence-electron chi connectivity index (χ0n) is 11.5. The number of anilines is 2. The third-order valence-corrected chi connectivity index (χ3v) is 3.80. The largest absolute Gasteiger partial charge is 0.340 e. The van der Waals surface area contributed by atoms with Crippen molar-refractivity contribution in [2.45, 2.75) is 6.92 Å². The highest BCUT2D eigenvalue weighted by molar-refractivity contribution is 14.1. The lowest BCUT2D eigenvalue weighted by molar-refractivity contribution is 1.22. The SMILES string of the molecule is C/C=C/c1ccc(Nc2ncnc3ccc(I)cc23)cc1. The monoisotopic (exact) mass is 387 g/mol. The van der Waals surface area contributed by atoms with Crippen molar-refractivity contribution in [3.63, 3.8) is 0 Å². The Morgan fingerprint density at radius 1 is 1.05 bits per heavy atom. The molecule has 3 nitrogen and oxygen atoms in total. The summed E-state index contributed by atoms with van der Waals surface area (Å²) in [4.78, 5) is 8.66. The molecule has 1 aromatic heterocycles. The second-order valence-electron chi connectivity index (χ2n) is 4.63. The fourth-order valence-corrected chi connectivity index (χ4v) is 2.63. The topological polar surface area (TPSA) is 37.8 Å². The average Bonchev–Trinajstić information content (AvgIpc) is 2.50. The van der Waals surface area contributed by atoms with E-state index in [-0.39, 0.29) is 0 Å². The van der Waals surface area contributed by atoms with Gasteiger partial charge in [-0.05, 0) is 65.4 Å². The van der Waals surface area contributed by atoms with Crippen molar-refractivity contribution < 1.29 is 0 Å². The van der Waals surface area contributed by atoms with Gasteiger partial charge in [-0.3, -0.25) is 0 Å². The van der Waals surface area contributed by atoms with E-state index in [9.17, 15) is 0 Å². The van der Waals surface area contributed by atoms with Gasteiger partial charge in [-0.1, -0.05) is 24.3 Å². The maximum atomic E-state index is 4.36. The third-order valence-electron chi connectivity index (χ3n) is 3.13. The number of fused-ring (bicyclic) bond motifs is 1. The smallest absolute Gasteiger partial charge is 0.141 e. The minimum absolute atomic E-state index is 0.831. The van der Waals surface area contributed by atoms with E-state index in [0.29, 0.717) is 0 Å². The van der Waals surface area contributed by atoms with Gasteiger partial charge in [0, 0.05) is 14.6 Å². The van der Waals surface area contributed by atoms with Crippen LogP contribution in [-0.2, 0) is 0 Å². The Bertz CT molecular complexity index is 795. The molecule has 2 aromatic carbocycles. The molecule has 0 spiro atoms. The fraction of sp³-hybridized carbons (Fsp3) is 0.0588. The molecular weight excluding hydrogens is 373 g/mol. The molecule has 0 aliphatic heterocycles. The second kappa shape index (κ2) is 6.22. The van der Waals surface area contributed by atoms with Gasteiger partial charge < -0.3 is 5.32 Å². The van der Waals surface area contributed by atoms with Crippen molar-refractivity contribution in [2.24, 2.45) is 0 Å². The molecule has 1 heterocycles. The van der Waals surface area contributed by atoms with Crippen molar-refractivity contribution in [3.05, 3.63) is 64.0 Å². The highest BCUT2D eigenvalue weighted by atomic mass is 127. The highest BCUT2D eigenvalue weighted by Crippen LogP contribution is 2.24. The van der Waals surface area contributed by atoms with Crippen molar-refractivity contribution >= 4 is 51.1 Å². The van der Waals surface area contributed by atoms with Gasteiger partial charge in [0.05, 0.1) is 5.52 Å². The van der Waals surface area contributed by atoms with Crippen molar-refractivity contribution in [1.29, 1.82) is 0 Å². The molecule has 1 N–H and O–H groups in total. The first kappa shape index (κ1) is 14.0. The number of allylic oxidation sites excluding steroid dienone is 1. The van der Waals surface area contributed by atoms with Gasteiger partial charge in [-0.2, -0.15) is 0 Å². The fourth-order valence-electron chi connectivity index (χ4n) is 2.14. The van der Waals surface area contributed by atoms with Gasteiger partial charge in [-0.25, -0.2) is 9.97 Å². The number of aromatic nitrogens is 2. The van der Waals surface area contributed by atoms with E-state index in [4.69, 9.17) is 0 Å². The minimum atomic E-state index is 0.831. The molecule has 0 fully saturated rings. The van der Waals surface area contributed by atoms with E-state index in [1.807, 2.05) is 25.1 Å². The lowest BCUT2D eigenvalue weighted by Gasteiger charge is -2.09. The molecule has 0 atom stereocenters. The van der Waals surface area contributed by atoms with Crippen LogP contribution < -0.4 is 5.32 Å². The molecule has 3 aromatic rings. The summed E-state index contributed by atoms with van der Waals surface area (Å²) >= 11 is 2.30. The van der Waals surface area contributed by atoms with E-state index in [0.717, 1.165) is 22.4 Å². The van der Waals surface area contributed by atoms with Crippen molar-refractivity contribution in [2.75, 3.05) is 5.32 Å². The molecule has 0 unspecified atom stereocenters. The standard InChI is InChI=1S/C17H14IN3/c1-2-3-12-4-7-14(8-5-12)21-17-15-10-13(18)6-9-16(15)19-11-20-17/h2-11H,1H3,(H,19,20,21)/b3-2+. The summed E-state index contributed by atoms with van der Waals surface area (Å²) in [6, 6.07) is 14.4. The van der Waals surface area contributed by atoms with Gasteiger partial charge in [-0.15, -0.1) is 0 Å². The number of hydrogen-bond donors (Lipinski definition) is 1. The van der Waals surface area contributed by atoms with E-state index in [2.05, 4.69) is 74.3 Å². The average molecular weight is 387 g/mol. The number of nitrogens with one attached hydrogen (secondary N) is 1. The first-order chi connectivity index (χ1) is 10.3. The molecule has 3 rings (SSSR count). The van der Waals surface area contributed by atoms with Gasteiger partial charge in [0.15, 0.2) is 0 Å². The van der Waals surface area contributed by atoms with Crippen LogP contribution in [0.25, 0.3) is 17.0 Å². The molecule has 0 bridgehead atoms. The zero-order valence-corrected chi connectivity index (χ0v) is 13.7. The number of benzene rings is 2. The Balaban J connectivity index is 1.95. The maximum absolute atomic E-state index is 4.36. The number of halogens is 1. The van der Waals surface area contributed by atoms with Gasteiger partial charge in [0.2, 0.25) is 0 Å². The predicted octanol–water partition coefficient (Wildman–Crippen LogP) is 5.01. The molecule has 0 saturated heterocycles. The van der Waals surface area contributed by atoms with Crippen LogP contribution in [0.2, 0.25) is 0 Å². The summed E-state index contributed by atoms with van der Waals surface area (Å²) in [6.45, 7) is 2.01. The van der Waals surface area contributed by atoms with E-state index >= 15 is 0 Å². The molecular formula is C17H14IN3. The van der Waals surface area contributed by atoms with Crippen LogP contribution in [0, 0.1) is 3.57 Å². The highest BCUT2D eigenvalue weighted by Gasteiger charge is 2.04. The van der Waals surface area contributed by atoms with Crippen LogP contribution in [0.15, 0.2) is 54.9 Å². The predicted molar refractivity (Wildman–Crippen MR) is 96.7 cm³/mol. The summed E-state index contributed by atoms with van der Waals surface area (Å²) in [6.07, 6.45) is 5.69. The normalized spacial score (nSPS) is 11.1. The molecule has 0 aliphatic carbocycles. The van der Waals surface area contributed by atoms with Crippen LogP contribution in [0.1, 0.15) is 12.5 Å². The summed E-state index contributed by atoms with van der Waals surface area (Å²) in [5, 5.41) is 4.39. The number of nitrogens with zero attached hydrogens (tertiary/aromatic N) is 2. The van der Waals surface area contributed by atoms with Crippen LogP contribution >= 0.6 is 22.6 Å². The van der Waals surface area contributed by atoms with Crippen LogP contribution in [0.5, 0.6) is 0 Å². The first-order valence-electron chi connectivity index (χ1n) is 6.66. The summed E-state index contributed by atoms with van der Waals surface area (Å²) < 4.78 is 1.17. The van der Waals surface area contributed by atoms with Gasteiger partial charge >= 0.3 is 0 Å². The first-order valence-corrected chi connectivity index (χ1v) is 7.74. The number of hydrogen-bond acceptors (Lipinski definition) is 3. The van der Waals surface area contributed by atoms with E-state index in [1.165, 1.54) is 9.13 Å². The zero-order chi connectivity index (χ0) is 14.7. The van der Waals surface area contributed by atoms with Gasteiger partial charge in [0.1, 0.15) is 12.1 Å². The molecule has 104 valence electrons. The Kier molecular flexibility index (Phi) is 4.15. The third kappa shape index (κ3) is 3.21. The summed E-state index contributed by atoms with van der Waals surface area (Å²) in [5.74, 6) is 0.831. The minimum Gasteiger partial charge on any atom is -0.340 e. The molecule has 0 saturated carbocycles. The van der Waals surface area contributed by atoms with E-state index in [1.54, 1.807) is 6.33 Å². The second-order valence-corrected chi connectivity index (χ2v) is 5.88. The summed E-state index contributed by atoms with van der Waals surface area (Å²) in [7, 11) is 0. The lowest BCUT2D eigenvalue weighted by atomic mass is 10.2. The molecule has 0 aliphatic rings. The van der Waals surface area contributed by atoms with Gasteiger partial charge in [0.25, 0.3) is 0 Å². The van der Waals surface area contributed by atoms with Crippen molar-refractivity contribution in [1.82, 2.24) is 9.97 Å². The molecule has 0 amide bonds. The number of rotatable bonds is 3. The van der Waals surface area contributed by atoms with Crippen LogP contribution in [-0.4, -0.2) is 9.97 Å². The Morgan fingerprint density at radius 3 is 2.62 bits per heavy atom. The quantitative estimate of drug-likeness (QED) is 0.642. The molecule has 21 heavy (non-hydrogen) atoms. The lowest BCUT2D eigenvalue weighted by Crippen LogP contribution is -1.96. The van der Waals surface area contributed by atoms with E-state index < -0.39 is 0 Å². The van der Waals surface area contributed by atoms with Crippen LogP contribution in [0.3, 0.4) is 0 Å².